The van der Waals surface area contributed by atoms with Gasteiger partial charge in [0.2, 0.25) is 0 Å². The van der Waals surface area contributed by atoms with E-state index >= 15 is 0 Å². The van der Waals surface area contributed by atoms with Crippen molar-refractivity contribution in [1.82, 2.24) is 5.32 Å². The summed E-state index contributed by atoms with van der Waals surface area (Å²) >= 11 is 0. The molecule has 3 atom stereocenters. The maximum Gasteiger partial charge on any atom is 0.123 e. The van der Waals surface area contributed by atoms with Gasteiger partial charge in [0.15, 0.2) is 0 Å². The molecular formula is C13H21NO2. The van der Waals surface area contributed by atoms with E-state index in [9.17, 15) is 5.11 Å². The molecule has 0 spiro atoms. The predicted molar refractivity (Wildman–Crippen MR) is 65.1 cm³/mol. The minimum atomic E-state index is -0.128. The van der Waals surface area contributed by atoms with E-state index in [2.05, 4.69) is 25.7 Å². The van der Waals surface area contributed by atoms with E-state index in [0.717, 1.165) is 12.2 Å². The van der Waals surface area contributed by atoms with Crippen LogP contribution in [0, 0.1) is 5.92 Å². The average Bonchev–Trinajstić information content (AvgIpc) is 2.79. The second-order valence-electron chi connectivity index (χ2n) is 4.21. The number of aliphatic hydroxyl groups excluding tert-OH is 1. The van der Waals surface area contributed by atoms with Gasteiger partial charge in [-0.3, -0.25) is 0 Å². The third-order valence-corrected chi connectivity index (χ3v) is 2.93. The van der Waals surface area contributed by atoms with E-state index in [-0.39, 0.29) is 12.6 Å². The molecular weight excluding hydrogens is 202 g/mol. The molecule has 0 fully saturated rings. The summed E-state index contributed by atoms with van der Waals surface area (Å²) < 4.78 is 5.28. The summed E-state index contributed by atoms with van der Waals surface area (Å²) in [6.07, 6.45) is 4.51. The molecule has 90 valence electrons. The van der Waals surface area contributed by atoms with E-state index in [1.165, 1.54) is 0 Å². The maximum atomic E-state index is 9.32. The minimum absolute atomic E-state index is 0.0403. The van der Waals surface area contributed by atoms with Gasteiger partial charge in [0.1, 0.15) is 5.76 Å². The van der Waals surface area contributed by atoms with Crippen LogP contribution in [0.15, 0.2) is 35.5 Å². The lowest BCUT2D eigenvalue weighted by Gasteiger charge is -2.24. The van der Waals surface area contributed by atoms with E-state index in [1.807, 2.05) is 18.2 Å². The summed E-state index contributed by atoms with van der Waals surface area (Å²) in [5, 5.41) is 12.7. The molecule has 0 amide bonds. The number of nitrogens with one attached hydrogen (secondary N) is 1. The molecule has 0 aliphatic carbocycles. The quantitative estimate of drug-likeness (QED) is 0.698. The summed E-state index contributed by atoms with van der Waals surface area (Å²) in [5.74, 6) is 1.27. The van der Waals surface area contributed by atoms with Crippen LogP contribution in [0.2, 0.25) is 0 Å². The lowest BCUT2D eigenvalue weighted by atomic mass is 9.99. The van der Waals surface area contributed by atoms with Crippen molar-refractivity contribution in [2.45, 2.75) is 32.4 Å². The molecule has 0 aliphatic heterocycles. The molecule has 1 rings (SSSR count). The molecule has 0 saturated heterocycles. The van der Waals surface area contributed by atoms with Crippen molar-refractivity contribution in [2.24, 2.45) is 5.92 Å². The van der Waals surface area contributed by atoms with Crippen molar-refractivity contribution in [2.75, 3.05) is 6.61 Å². The molecule has 0 aliphatic rings. The molecule has 1 aromatic heterocycles. The van der Waals surface area contributed by atoms with Crippen LogP contribution in [0.4, 0.5) is 0 Å². The van der Waals surface area contributed by atoms with Gasteiger partial charge in [0.05, 0.1) is 18.9 Å². The smallest absolute Gasteiger partial charge is 0.123 e. The largest absolute Gasteiger partial charge is 0.468 e. The van der Waals surface area contributed by atoms with Crippen LogP contribution in [0.1, 0.15) is 32.1 Å². The first-order valence-electron chi connectivity index (χ1n) is 5.70. The highest BCUT2D eigenvalue weighted by Gasteiger charge is 2.18. The van der Waals surface area contributed by atoms with Gasteiger partial charge in [-0.2, -0.15) is 0 Å². The van der Waals surface area contributed by atoms with Crippen LogP contribution in [0.25, 0.3) is 0 Å². The Labute approximate surface area is 97.2 Å². The van der Waals surface area contributed by atoms with Crippen LogP contribution in [-0.4, -0.2) is 17.8 Å². The van der Waals surface area contributed by atoms with Gasteiger partial charge in [-0.05, 0) is 31.4 Å². The lowest BCUT2D eigenvalue weighted by Crippen LogP contribution is -2.36. The fraction of sp³-hybridized carbons (Fsp3) is 0.538. The van der Waals surface area contributed by atoms with Crippen molar-refractivity contribution in [1.29, 1.82) is 0 Å². The Balaban J connectivity index is 2.53. The zero-order valence-corrected chi connectivity index (χ0v) is 10.0. The molecule has 3 nitrogen and oxygen atoms in total. The van der Waals surface area contributed by atoms with Crippen LogP contribution in [0.3, 0.4) is 0 Å². The molecule has 2 N–H and O–H groups in total. The highest BCUT2D eigenvalue weighted by atomic mass is 16.3. The number of furan rings is 1. The van der Waals surface area contributed by atoms with Gasteiger partial charge in [0, 0.05) is 6.04 Å². The first kappa shape index (κ1) is 13.0. The standard InChI is InChI=1S/C13H21NO2/c1-4-6-10(2)11(3)14-12(9-15)13-7-5-8-16-13/h4-5,7-8,10-12,14-15H,1,6,9H2,2-3H3. The van der Waals surface area contributed by atoms with Crippen LogP contribution in [-0.2, 0) is 0 Å². The monoisotopic (exact) mass is 223 g/mol. The Hall–Kier alpha value is -1.06. The Bertz CT molecular complexity index is 295. The molecule has 1 heterocycles. The Morgan fingerprint density at radius 1 is 1.56 bits per heavy atom. The van der Waals surface area contributed by atoms with Gasteiger partial charge in [-0.1, -0.05) is 13.0 Å². The number of rotatable bonds is 7. The average molecular weight is 223 g/mol. The van der Waals surface area contributed by atoms with E-state index in [4.69, 9.17) is 4.42 Å². The summed E-state index contributed by atoms with van der Waals surface area (Å²) in [7, 11) is 0. The van der Waals surface area contributed by atoms with Gasteiger partial charge in [-0.15, -0.1) is 6.58 Å². The zero-order valence-electron chi connectivity index (χ0n) is 10.0. The van der Waals surface area contributed by atoms with E-state index in [0.29, 0.717) is 12.0 Å². The van der Waals surface area contributed by atoms with Crippen molar-refractivity contribution in [3.63, 3.8) is 0 Å². The first-order valence-corrected chi connectivity index (χ1v) is 5.70. The van der Waals surface area contributed by atoms with Crippen molar-refractivity contribution in [3.8, 4) is 0 Å². The Kier molecular flexibility index (Phi) is 5.29. The third kappa shape index (κ3) is 3.51. The van der Waals surface area contributed by atoms with Gasteiger partial charge in [-0.25, -0.2) is 0 Å². The van der Waals surface area contributed by atoms with Crippen LogP contribution < -0.4 is 5.32 Å². The highest BCUT2D eigenvalue weighted by molar-refractivity contribution is 5.04. The van der Waals surface area contributed by atoms with E-state index in [1.54, 1.807) is 6.26 Å². The van der Waals surface area contributed by atoms with E-state index < -0.39 is 0 Å². The maximum absolute atomic E-state index is 9.32. The fourth-order valence-electron chi connectivity index (χ4n) is 1.66. The van der Waals surface area contributed by atoms with Crippen LogP contribution >= 0.6 is 0 Å². The first-order chi connectivity index (χ1) is 7.69. The molecule has 3 heteroatoms. The van der Waals surface area contributed by atoms with Crippen molar-refractivity contribution >= 4 is 0 Å². The van der Waals surface area contributed by atoms with Gasteiger partial charge in [0.25, 0.3) is 0 Å². The lowest BCUT2D eigenvalue weighted by molar-refractivity contribution is 0.205. The summed E-state index contributed by atoms with van der Waals surface area (Å²) in [6, 6.07) is 3.88. The van der Waals surface area contributed by atoms with Crippen molar-refractivity contribution < 1.29 is 9.52 Å². The minimum Gasteiger partial charge on any atom is -0.468 e. The SMILES string of the molecule is C=CCC(C)C(C)NC(CO)c1ccco1. The molecule has 1 aromatic rings. The summed E-state index contributed by atoms with van der Waals surface area (Å²) in [4.78, 5) is 0. The topological polar surface area (TPSA) is 45.4 Å². The highest BCUT2D eigenvalue weighted by Crippen LogP contribution is 2.17. The van der Waals surface area contributed by atoms with Crippen LogP contribution in [0.5, 0.6) is 0 Å². The molecule has 0 saturated carbocycles. The number of hydrogen-bond donors (Lipinski definition) is 2. The number of allylic oxidation sites excluding steroid dienone is 1. The second-order valence-corrected chi connectivity index (χ2v) is 4.21. The molecule has 16 heavy (non-hydrogen) atoms. The molecule has 0 aromatic carbocycles. The Morgan fingerprint density at radius 2 is 2.31 bits per heavy atom. The van der Waals surface area contributed by atoms with Crippen molar-refractivity contribution in [3.05, 3.63) is 36.8 Å². The molecule has 0 bridgehead atoms. The van der Waals surface area contributed by atoms with Gasteiger partial charge < -0.3 is 14.8 Å². The Morgan fingerprint density at radius 3 is 2.81 bits per heavy atom. The summed E-state index contributed by atoms with van der Waals surface area (Å²) in [6.45, 7) is 8.05. The zero-order chi connectivity index (χ0) is 12.0. The third-order valence-electron chi connectivity index (χ3n) is 2.93. The predicted octanol–water partition coefficient (Wildman–Crippen LogP) is 2.50. The second kappa shape index (κ2) is 6.51. The molecule has 3 unspecified atom stereocenters. The molecule has 0 radical (unpaired) electrons. The summed E-state index contributed by atoms with van der Waals surface area (Å²) in [5.41, 5.74) is 0. The van der Waals surface area contributed by atoms with Gasteiger partial charge >= 0.3 is 0 Å². The number of aliphatic hydroxyl groups is 1. The number of hydrogen-bond acceptors (Lipinski definition) is 3. The fourth-order valence-corrected chi connectivity index (χ4v) is 1.66. The normalized spacial score (nSPS) is 16.7.